The highest BCUT2D eigenvalue weighted by atomic mass is 35.5. The summed E-state index contributed by atoms with van der Waals surface area (Å²) in [5.74, 6) is -0.341. The van der Waals surface area contributed by atoms with Gasteiger partial charge in [-0.2, -0.15) is 0 Å². The van der Waals surface area contributed by atoms with Crippen LogP contribution in [0.2, 0.25) is 5.02 Å². The van der Waals surface area contributed by atoms with Crippen LogP contribution in [-0.4, -0.2) is 23.5 Å². The van der Waals surface area contributed by atoms with Gasteiger partial charge in [0.1, 0.15) is 5.75 Å². The molecule has 154 valence electrons. The van der Waals surface area contributed by atoms with Crippen LogP contribution in [0.5, 0.6) is 5.75 Å². The number of carbonyl (C=O) groups is 2. The Morgan fingerprint density at radius 3 is 2.30 bits per heavy atom. The summed E-state index contributed by atoms with van der Waals surface area (Å²) in [7, 11) is 0. The van der Waals surface area contributed by atoms with Crippen molar-refractivity contribution in [3.8, 4) is 5.75 Å². The maximum Gasteiger partial charge on any atom is 0.338 e. The van der Waals surface area contributed by atoms with Gasteiger partial charge in [-0.1, -0.05) is 23.7 Å². The van der Waals surface area contributed by atoms with Crippen LogP contribution < -0.4 is 5.32 Å². The third-order valence-electron chi connectivity index (χ3n) is 4.57. The van der Waals surface area contributed by atoms with Gasteiger partial charge in [0.2, 0.25) is 0 Å². The molecule has 0 aliphatic heterocycles. The lowest BCUT2D eigenvalue weighted by Crippen LogP contribution is -2.16. The number of aromatic hydroxyl groups is 1. The number of hydrogen-bond donors (Lipinski definition) is 2. The first-order chi connectivity index (χ1) is 14.5. The van der Waals surface area contributed by atoms with Gasteiger partial charge < -0.3 is 15.2 Å². The van der Waals surface area contributed by atoms with Crippen molar-refractivity contribution in [3.63, 3.8) is 0 Å². The molecule has 3 aromatic rings. The number of rotatable bonds is 8. The van der Waals surface area contributed by atoms with Gasteiger partial charge in [0.15, 0.2) is 5.78 Å². The largest absolute Gasteiger partial charge is 0.508 e. The fourth-order valence-corrected chi connectivity index (χ4v) is 3.24. The Bertz CT molecular complexity index is 1020. The predicted octanol–water partition coefficient (Wildman–Crippen LogP) is 5.65. The van der Waals surface area contributed by atoms with E-state index in [9.17, 15) is 14.7 Å². The van der Waals surface area contributed by atoms with E-state index in [0.717, 1.165) is 11.3 Å². The second-order valence-electron chi connectivity index (χ2n) is 6.72. The Kier molecular flexibility index (Phi) is 7.09. The Morgan fingerprint density at radius 2 is 1.67 bits per heavy atom. The molecule has 3 rings (SSSR count). The molecule has 3 aromatic carbocycles. The number of hydrogen-bond acceptors (Lipinski definition) is 5. The number of ketones is 1. The molecule has 6 heteroatoms. The van der Waals surface area contributed by atoms with Crippen molar-refractivity contribution < 1.29 is 19.4 Å². The molecule has 0 fully saturated rings. The van der Waals surface area contributed by atoms with E-state index in [-0.39, 0.29) is 30.0 Å². The van der Waals surface area contributed by atoms with Crippen molar-refractivity contribution in [1.82, 2.24) is 0 Å². The number of ether oxygens (including phenoxy) is 1. The molecule has 1 unspecified atom stereocenters. The van der Waals surface area contributed by atoms with Gasteiger partial charge in [-0.05, 0) is 73.2 Å². The normalized spacial score (nSPS) is 11.5. The highest BCUT2D eigenvalue weighted by Gasteiger charge is 2.18. The molecule has 0 aliphatic carbocycles. The summed E-state index contributed by atoms with van der Waals surface area (Å²) >= 11 is 6.16. The molecular formula is C24H22ClNO4. The lowest BCUT2D eigenvalue weighted by atomic mass is 9.97. The molecule has 0 amide bonds. The average Bonchev–Trinajstić information content (AvgIpc) is 2.74. The maximum atomic E-state index is 12.8. The second-order valence-corrected chi connectivity index (χ2v) is 7.16. The number of phenolic OH excluding ortho intramolecular Hbond substituents is 1. The highest BCUT2D eigenvalue weighted by Crippen LogP contribution is 2.27. The van der Waals surface area contributed by atoms with Crippen LogP contribution in [0.1, 0.15) is 45.7 Å². The molecule has 0 saturated heterocycles. The number of halogens is 1. The Hall–Kier alpha value is -3.31. The molecule has 0 radical (unpaired) electrons. The number of carbonyl (C=O) groups excluding carboxylic acids is 2. The zero-order valence-corrected chi connectivity index (χ0v) is 17.2. The average molecular weight is 424 g/mol. The van der Waals surface area contributed by atoms with Crippen molar-refractivity contribution in [2.24, 2.45) is 0 Å². The zero-order valence-electron chi connectivity index (χ0n) is 16.5. The van der Waals surface area contributed by atoms with Crippen LogP contribution >= 0.6 is 11.6 Å². The number of Topliss-reactive ketones (excluding diaryl/α,β-unsaturated/α-hetero) is 1. The Morgan fingerprint density at radius 1 is 1.00 bits per heavy atom. The molecule has 0 heterocycles. The summed E-state index contributed by atoms with van der Waals surface area (Å²) in [6, 6.07) is 20.1. The molecule has 0 spiro atoms. The van der Waals surface area contributed by atoms with Crippen molar-refractivity contribution in [1.29, 1.82) is 0 Å². The molecular weight excluding hydrogens is 402 g/mol. The number of anilines is 1. The molecule has 30 heavy (non-hydrogen) atoms. The fraction of sp³-hybridized carbons (Fsp3) is 0.167. The maximum absolute atomic E-state index is 12.8. The number of phenols is 1. The summed E-state index contributed by atoms with van der Waals surface area (Å²) in [6.07, 6.45) is 0.185. The quantitative estimate of drug-likeness (QED) is 0.361. The van der Waals surface area contributed by atoms with E-state index in [2.05, 4.69) is 5.32 Å². The smallest absolute Gasteiger partial charge is 0.338 e. The van der Waals surface area contributed by atoms with E-state index in [1.807, 2.05) is 18.2 Å². The molecule has 0 bridgehead atoms. The third-order valence-corrected chi connectivity index (χ3v) is 4.80. The molecule has 1 atom stereocenters. The first-order valence-electron chi connectivity index (χ1n) is 9.57. The van der Waals surface area contributed by atoms with Gasteiger partial charge >= 0.3 is 5.97 Å². The van der Waals surface area contributed by atoms with Gasteiger partial charge in [-0.3, -0.25) is 4.79 Å². The monoisotopic (exact) mass is 423 g/mol. The molecule has 2 N–H and O–H groups in total. The van der Waals surface area contributed by atoms with Crippen molar-refractivity contribution in [2.75, 3.05) is 11.9 Å². The summed E-state index contributed by atoms with van der Waals surface area (Å²) < 4.78 is 5.00. The zero-order chi connectivity index (χ0) is 21.5. The predicted molar refractivity (Wildman–Crippen MR) is 117 cm³/mol. The van der Waals surface area contributed by atoms with Crippen LogP contribution in [-0.2, 0) is 4.74 Å². The number of nitrogens with one attached hydrogen (secondary N) is 1. The van der Waals surface area contributed by atoms with Gasteiger partial charge in [0, 0.05) is 22.7 Å². The fourth-order valence-electron chi connectivity index (χ4n) is 3.04. The number of benzene rings is 3. The lowest BCUT2D eigenvalue weighted by Gasteiger charge is -2.20. The minimum absolute atomic E-state index is 0.0735. The minimum Gasteiger partial charge on any atom is -0.508 e. The standard InChI is InChI=1S/C24H22ClNO4/c1-2-30-24(29)17-6-10-20(11-7-17)26-22(18-4-3-5-19(25)14-18)15-23(28)16-8-12-21(27)13-9-16/h3-14,22,26-27H,2,15H2,1H3. The molecule has 5 nitrogen and oxygen atoms in total. The van der Waals surface area contributed by atoms with Crippen LogP contribution in [0.3, 0.4) is 0 Å². The summed E-state index contributed by atoms with van der Waals surface area (Å²) in [6.45, 7) is 2.07. The third kappa shape index (κ3) is 5.61. The highest BCUT2D eigenvalue weighted by molar-refractivity contribution is 6.30. The van der Waals surface area contributed by atoms with Crippen LogP contribution in [0.15, 0.2) is 72.8 Å². The lowest BCUT2D eigenvalue weighted by molar-refractivity contribution is 0.0526. The van der Waals surface area contributed by atoms with Crippen molar-refractivity contribution in [3.05, 3.63) is 94.5 Å². The van der Waals surface area contributed by atoms with E-state index in [4.69, 9.17) is 16.3 Å². The molecule has 0 aromatic heterocycles. The van der Waals surface area contributed by atoms with Crippen molar-refractivity contribution in [2.45, 2.75) is 19.4 Å². The topological polar surface area (TPSA) is 75.6 Å². The first kappa shape index (κ1) is 21.4. The summed E-state index contributed by atoms with van der Waals surface area (Å²) in [4.78, 5) is 24.7. The van der Waals surface area contributed by atoms with Crippen LogP contribution in [0.4, 0.5) is 5.69 Å². The molecule has 0 aliphatic rings. The van der Waals surface area contributed by atoms with E-state index >= 15 is 0 Å². The SMILES string of the molecule is CCOC(=O)c1ccc(NC(CC(=O)c2ccc(O)cc2)c2cccc(Cl)c2)cc1. The first-order valence-corrected chi connectivity index (χ1v) is 9.95. The summed E-state index contributed by atoms with van der Waals surface area (Å²) in [5.41, 5.74) is 2.59. The van der Waals surface area contributed by atoms with E-state index in [0.29, 0.717) is 22.8 Å². The van der Waals surface area contributed by atoms with Crippen LogP contribution in [0, 0.1) is 0 Å². The number of esters is 1. The van der Waals surface area contributed by atoms with Gasteiger partial charge in [0.25, 0.3) is 0 Å². The Balaban J connectivity index is 1.82. The second kappa shape index (κ2) is 9.94. The van der Waals surface area contributed by atoms with Gasteiger partial charge in [-0.15, -0.1) is 0 Å². The van der Waals surface area contributed by atoms with E-state index in [1.54, 1.807) is 49.4 Å². The van der Waals surface area contributed by atoms with E-state index in [1.165, 1.54) is 12.1 Å². The molecule has 0 saturated carbocycles. The van der Waals surface area contributed by atoms with E-state index < -0.39 is 0 Å². The van der Waals surface area contributed by atoms with Crippen molar-refractivity contribution >= 4 is 29.0 Å². The summed E-state index contributed by atoms with van der Waals surface area (Å²) in [5, 5.41) is 13.4. The van der Waals surface area contributed by atoms with Gasteiger partial charge in [0.05, 0.1) is 18.2 Å². The van der Waals surface area contributed by atoms with Gasteiger partial charge in [-0.25, -0.2) is 4.79 Å². The minimum atomic E-state index is -0.377. The Labute approximate surface area is 180 Å². The van der Waals surface area contributed by atoms with Crippen LogP contribution in [0.25, 0.3) is 0 Å².